The average molecular weight is 133 g/mol. The van der Waals surface area contributed by atoms with E-state index in [9.17, 15) is 0 Å². The van der Waals surface area contributed by atoms with E-state index in [2.05, 4.69) is 0 Å². The van der Waals surface area contributed by atoms with Crippen LogP contribution in [0.15, 0.2) is 0 Å². The van der Waals surface area contributed by atoms with Gasteiger partial charge in [0, 0.05) is 13.2 Å². The van der Waals surface area contributed by atoms with E-state index >= 15 is 0 Å². The van der Waals surface area contributed by atoms with Crippen LogP contribution < -0.4 is 0 Å². The number of hydrogen-bond donors (Lipinski definition) is 1. The van der Waals surface area contributed by atoms with Gasteiger partial charge in [-0.15, -0.1) is 0 Å². The van der Waals surface area contributed by atoms with Crippen LogP contribution in [0.5, 0.6) is 0 Å². The zero-order chi connectivity index (χ0) is 7.28. The van der Waals surface area contributed by atoms with Gasteiger partial charge in [0.2, 0.25) is 0 Å². The molecule has 0 radical (unpaired) electrons. The zero-order valence-electron chi connectivity index (χ0n) is 6.29. The van der Waals surface area contributed by atoms with E-state index in [4.69, 9.17) is 9.84 Å². The maximum absolute atomic E-state index is 8.63. The maximum Gasteiger partial charge on any atom is 0.0986 e. The van der Waals surface area contributed by atoms with E-state index in [1.807, 2.05) is 18.9 Å². The van der Waals surface area contributed by atoms with Crippen LogP contribution in [0.4, 0.5) is 0 Å². The van der Waals surface area contributed by atoms with Crippen molar-refractivity contribution < 1.29 is 9.84 Å². The summed E-state index contributed by atoms with van der Waals surface area (Å²) in [6.07, 6.45) is 0. The molecular weight excluding hydrogens is 118 g/mol. The van der Waals surface area contributed by atoms with Gasteiger partial charge in [-0.05, 0) is 14.0 Å². The molecule has 0 aromatic heterocycles. The third kappa shape index (κ3) is 3.46. The lowest BCUT2D eigenvalue weighted by molar-refractivity contribution is 0.0388. The van der Waals surface area contributed by atoms with Crippen LogP contribution in [-0.4, -0.2) is 43.5 Å². The summed E-state index contributed by atoms with van der Waals surface area (Å²) in [5.74, 6) is 0. The molecule has 56 valence electrons. The van der Waals surface area contributed by atoms with Gasteiger partial charge in [0.25, 0.3) is 0 Å². The lowest BCUT2D eigenvalue weighted by Crippen LogP contribution is -2.33. The summed E-state index contributed by atoms with van der Waals surface area (Å²) in [6, 6.07) is 0.185. The molecule has 3 heteroatoms. The second-order valence-electron chi connectivity index (χ2n) is 2.21. The quantitative estimate of drug-likeness (QED) is 0.544. The largest absolute Gasteiger partial charge is 0.395 e. The van der Waals surface area contributed by atoms with E-state index in [-0.39, 0.29) is 12.6 Å². The molecule has 0 saturated heterocycles. The number of aliphatic hydroxyl groups is 1. The highest BCUT2D eigenvalue weighted by molar-refractivity contribution is 4.56. The molecule has 0 bridgehead atoms. The van der Waals surface area contributed by atoms with Crippen molar-refractivity contribution in [3.63, 3.8) is 0 Å². The standard InChI is InChI=1S/C6H15NO2/c1-6(4-8)7(2)5-9-3/h6,8H,4-5H2,1-3H3. The molecule has 0 aromatic rings. The van der Waals surface area contributed by atoms with E-state index in [1.165, 1.54) is 0 Å². The van der Waals surface area contributed by atoms with Crippen LogP contribution in [0, 0.1) is 0 Å². The topological polar surface area (TPSA) is 32.7 Å². The highest BCUT2D eigenvalue weighted by atomic mass is 16.5. The maximum atomic E-state index is 8.63. The Balaban J connectivity index is 3.32. The zero-order valence-corrected chi connectivity index (χ0v) is 6.29. The van der Waals surface area contributed by atoms with Crippen LogP contribution >= 0.6 is 0 Å². The van der Waals surface area contributed by atoms with Gasteiger partial charge < -0.3 is 9.84 Å². The normalized spacial score (nSPS) is 14.3. The summed E-state index contributed by atoms with van der Waals surface area (Å²) in [7, 11) is 3.55. The minimum Gasteiger partial charge on any atom is -0.395 e. The van der Waals surface area contributed by atoms with Gasteiger partial charge >= 0.3 is 0 Å². The molecule has 0 aliphatic carbocycles. The molecule has 0 aliphatic rings. The Morgan fingerprint density at radius 3 is 2.56 bits per heavy atom. The van der Waals surface area contributed by atoms with E-state index in [1.54, 1.807) is 7.11 Å². The number of methoxy groups -OCH3 is 1. The van der Waals surface area contributed by atoms with Gasteiger partial charge in [0.05, 0.1) is 13.3 Å². The summed E-state index contributed by atoms with van der Waals surface area (Å²) >= 11 is 0. The van der Waals surface area contributed by atoms with Crippen molar-refractivity contribution in [2.45, 2.75) is 13.0 Å². The van der Waals surface area contributed by atoms with E-state index in [0.29, 0.717) is 6.73 Å². The number of aliphatic hydroxyl groups excluding tert-OH is 1. The van der Waals surface area contributed by atoms with Crippen LogP contribution in [0.3, 0.4) is 0 Å². The fraction of sp³-hybridized carbons (Fsp3) is 1.00. The monoisotopic (exact) mass is 133 g/mol. The molecule has 3 nitrogen and oxygen atoms in total. The Labute approximate surface area is 56.2 Å². The van der Waals surface area contributed by atoms with Gasteiger partial charge in [-0.2, -0.15) is 0 Å². The SMILES string of the molecule is COCN(C)C(C)CO. The van der Waals surface area contributed by atoms with Crippen LogP contribution in [-0.2, 0) is 4.74 Å². The molecule has 1 atom stereocenters. The minimum absolute atomic E-state index is 0.180. The van der Waals surface area contributed by atoms with Gasteiger partial charge in [0.15, 0.2) is 0 Å². The fourth-order valence-electron chi connectivity index (χ4n) is 0.470. The Morgan fingerprint density at radius 1 is 1.67 bits per heavy atom. The van der Waals surface area contributed by atoms with Crippen molar-refractivity contribution in [3.05, 3.63) is 0 Å². The number of ether oxygens (including phenoxy) is 1. The van der Waals surface area contributed by atoms with Crippen molar-refractivity contribution in [2.75, 3.05) is 27.5 Å². The summed E-state index contributed by atoms with van der Waals surface area (Å²) < 4.78 is 4.84. The summed E-state index contributed by atoms with van der Waals surface area (Å²) in [5, 5.41) is 8.63. The summed E-state index contributed by atoms with van der Waals surface area (Å²) in [6.45, 7) is 2.70. The highest BCUT2D eigenvalue weighted by Gasteiger charge is 2.04. The Bertz CT molecular complexity index is 68.1. The minimum atomic E-state index is 0.180. The van der Waals surface area contributed by atoms with Crippen LogP contribution in [0.25, 0.3) is 0 Å². The molecule has 0 rings (SSSR count). The molecule has 0 aliphatic heterocycles. The molecule has 0 spiro atoms. The average Bonchev–Trinajstić information content (AvgIpc) is 1.87. The molecule has 0 amide bonds. The molecule has 9 heavy (non-hydrogen) atoms. The molecule has 0 saturated carbocycles. The van der Waals surface area contributed by atoms with Crippen molar-refractivity contribution in [3.8, 4) is 0 Å². The lowest BCUT2D eigenvalue weighted by Gasteiger charge is -2.20. The molecule has 1 unspecified atom stereocenters. The summed E-state index contributed by atoms with van der Waals surface area (Å²) in [4.78, 5) is 1.93. The number of nitrogens with zero attached hydrogens (tertiary/aromatic N) is 1. The van der Waals surface area contributed by atoms with Crippen LogP contribution in [0.2, 0.25) is 0 Å². The predicted molar refractivity (Wildman–Crippen MR) is 36.2 cm³/mol. The smallest absolute Gasteiger partial charge is 0.0986 e. The van der Waals surface area contributed by atoms with Crippen LogP contribution in [0.1, 0.15) is 6.92 Å². The lowest BCUT2D eigenvalue weighted by atomic mass is 10.3. The van der Waals surface area contributed by atoms with E-state index in [0.717, 1.165) is 0 Å². The molecular formula is C6H15NO2. The molecule has 1 N–H and O–H groups in total. The third-order valence-electron chi connectivity index (χ3n) is 1.35. The van der Waals surface area contributed by atoms with E-state index < -0.39 is 0 Å². The van der Waals surface area contributed by atoms with Crippen molar-refractivity contribution >= 4 is 0 Å². The number of hydrogen-bond acceptors (Lipinski definition) is 3. The van der Waals surface area contributed by atoms with Crippen molar-refractivity contribution in [1.82, 2.24) is 4.90 Å². The first kappa shape index (κ1) is 8.88. The van der Waals surface area contributed by atoms with Gasteiger partial charge in [-0.25, -0.2) is 0 Å². The first-order valence-corrected chi connectivity index (χ1v) is 3.02. The van der Waals surface area contributed by atoms with Crippen molar-refractivity contribution in [2.24, 2.45) is 0 Å². The molecule has 0 heterocycles. The Kier molecular flexibility index (Phi) is 4.67. The van der Waals surface area contributed by atoms with Gasteiger partial charge in [0.1, 0.15) is 0 Å². The molecule has 0 fully saturated rings. The molecule has 0 aromatic carbocycles. The highest BCUT2D eigenvalue weighted by Crippen LogP contribution is 1.91. The second kappa shape index (κ2) is 4.73. The number of rotatable bonds is 4. The fourth-order valence-corrected chi connectivity index (χ4v) is 0.470. The predicted octanol–water partition coefficient (Wildman–Crippen LogP) is -0.0971. The van der Waals surface area contributed by atoms with Crippen molar-refractivity contribution in [1.29, 1.82) is 0 Å². The Morgan fingerprint density at radius 2 is 2.22 bits per heavy atom. The summed E-state index contributed by atoms with van der Waals surface area (Å²) in [5.41, 5.74) is 0. The van der Waals surface area contributed by atoms with Gasteiger partial charge in [-0.1, -0.05) is 0 Å². The number of likely N-dealkylation sites (N-methyl/N-ethyl adjacent to an activating group) is 1. The first-order chi connectivity index (χ1) is 4.22. The van der Waals surface area contributed by atoms with Gasteiger partial charge in [-0.3, -0.25) is 4.90 Å². The second-order valence-corrected chi connectivity index (χ2v) is 2.21. The first-order valence-electron chi connectivity index (χ1n) is 3.02. The Hall–Kier alpha value is -0.120. The third-order valence-corrected chi connectivity index (χ3v) is 1.35.